The first-order chi connectivity index (χ1) is 18.3. The lowest BCUT2D eigenvalue weighted by molar-refractivity contribution is -0.118. The van der Waals surface area contributed by atoms with Crippen molar-refractivity contribution in [1.29, 1.82) is 0 Å². The molecule has 0 radical (unpaired) electrons. The topological polar surface area (TPSA) is 109 Å². The molecule has 38 heavy (non-hydrogen) atoms. The van der Waals surface area contributed by atoms with Gasteiger partial charge in [-0.1, -0.05) is 42.8 Å². The summed E-state index contributed by atoms with van der Waals surface area (Å²) in [5.41, 5.74) is 1.03. The molecule has 2 aromatic rings. The summed E-state index contributed by atoms with van der Waals surface area (Å²) in [5, 5.41) is 6.67. The van der Waals surface area contributed by atoms with Crippen molar-refractivity contribution in [3.05, 3.63) is 35.0 Å². The molecule has 1 aliphatic heterocycles. The zero-order chi connectivity index (χ0) is 27.5. The van der Waals surface area contributed by atoms with E-state index >= 15 is 0 Å². The first-order valence-corrected chi connectivity index (χ1v) is 14.1. The molecule has 1 aliphatic rings. The molecule has 0 bridgehead atoms. The van der Waals surface area contributed by atoms with Gasteiger partial charge < -0.3 is 29.9 Å². The minimum atomic E-state index is -0.114. The average molecular weight is 565 g/mol. The smallest absolute Gasteiger partial charge is 0.317 e. The Kier molecular flexibility index (Phi) is 11.6. The highest BCUT2D eigenvalue weighted by Gasteiger charge is 2.28. The number of carbonyl (C=O) groups excluding carboxylic acids is 2. The third kappa shape index (κ3) is 8.56. The Morgan fingerprint density at radius 1 is 1.11 bits per heavy atom. The number of nitrogens with one attached hydrogen (secondary N) is 2. The number of amides is 3. The van der Waals surface area contributed by atoms with Gasteiger partial charge in [-0.05, 0) is 37.5 Å². The van der Waals surface area contributed by atoms with Crippen LogP contribution in [0.15, 0.2) is 29.4 Å². The van der Waals surface area contributed by atoms with Crippen LogP contribution in [0.2, 0.25) is 5.15 Å². The number of ether oxygens (including phenoxy) is 2. The Bertz CT molecular complexity index is 1090. The molecule has 2 N–H and O–H groups in total. The van der Waals surface area contributed by atoms with Crippen molar-refractivity contribution in [2.45, 2.75) is 44.3 Å². The van der Waals surface area contributed by atoms with Crippen molar-refractivity contribution in [3.63, 3.8) is 0 Å². The highest BCUT2D eigenvalue weighted by atomic mass is 35.5. The highest BCUT2D eigenvalue weighted by molar-refractivity contribution is 7.99. The van der Waals surface area contributed by atoms with Gasteiger partial charge in [0, 0.05) is 44.8 Å². The lowest BCUT2D eigenvalue weighted by Crippen LogP contribution is -2.56. The summed E-state index contributed by atoms with van der Waals surface area (Å²) in [6.07, 6.45) is 2.67. The fraction of sp³-hybridized carbons (Fsp3) is 0.538. The molecule has 3 amide bonds. The Labute approximate surface area is 233 Å². The van der Waals surface area contributed by atoms with Crippen LogP contribution in [0.4, 0.5) is 10.6 Å². The number of methoxy groups -OCH3 is 2. The maximum Gasteiger partial charge on any atom is 0.317 e. The normalized spacial score (nSPS) is 15.2. The van der Waals surface area contributed by atoms with Crippen LogP contribution in [0.5, 0.6) is 11.5 Å². The molecule has 1 saturated heterocycles. The number of urea groups is 1. The summed E-state index contributed by atoms with van der Waals surface area (Å²) in [7, 11) is 3.19. The molecule has 1 unspecified atom stereocenters. The number of rotatable bonds is 12. The van der Waals surface area contributed by atoms with E-state index in [1.807, 2.05) is 30.0 Å². The fourth-order valence-electron chi connectivity index (χ4n) is 4.12. The first-order valence-electron chi connectivity index (χ1n) is 12.8. The summed E-state index contributed by atoms with van der Waals surface area (Å²) >= 11 is 7.52. The third-order valence-corrected chi connectivity index (χ3v) is 7.24. The molecule has 3 rings (SSSR count). The van der Waals surface area contributed by atoms with Gasteiger partial charge in [-0.2, -0.15) is 0 Å². The van der Waals surface area contributed by atoms with Gasteiger partial charge in [0.05, 0.1) is 20.0 Å². The van der Waals surface area contributed by atoms with Gasteiger partial charge in [0.25, 0.3) is 0 Å². The van der Waals surface area contributed by atoms with Gasteiger partial charge in [-0.25, -0.2) is 14.8 Å². The largest absolute Gasteiger partial charge is 0.493 e. The number of benzene rings is 1. The minimum Gasteiger partial charge on any atom is -0.493 e. The van der Waals surface area contributed by atoms with E-state index < -0.39 is 0 Å². The zero-order valence-electron chi connectivity index (χ0n) is 22.5. The second-order valence-corrected chi connectivity index (χ2v) is 10.3. The van der Waals surface area contributed by atoms with Gasteiger partial charge in [0.15, 0.2) is 16.7 Å². The predicted molar refractivity (Wildman–Crippen MR) is 151 cm³/mol. The molecule has 2 heterocycles. The van der Waals surface area contributed by atoms with Crippen molar-refractivity contribution >= 4 is 41.1 Å². The number of unbranched alkanes of at least 4 members (excludes halogenated alkanes) is 1. The van der Waals surface area contributed by atoms with E-state index in [0.717, 1.165) is 18.4 Å². The summed E-state index contributed by atoms with van der Waals surface area (Å²) in [6.45, 7) is 7.16. The number of hydrogen-bond acceptors (Lipinski definition) is 8. The maximum atomic E-state index is 12.5. The first kappa shape index (κ1) is 29.6. The number of hydrogen-bond donors (Lipinski definition) is 2. The molecule has 1 aromatic carbocycles. The van der Waals surface area contributed by atoms with Crippen LogP contribution in [0.3, 0.4) is 0 Å². The Balaban J connectivity index is 1.48. The monoisotopic (exact) mass is 564 g/mol. The van der Waals surface area contributed by atoms with Crippen molar-refractivity contribution in [2.24, 2.45) is 0 Å². The van der Waals surface area contributed by atoms with Gasteiger partial charge in [0.1, 0.15) is 11.0 Å². The third-order valence-electron chi connectivity index (χ3n) is 6.20. The van der Waals surface area contributed by atoms with E-state index in [4.69, 9.17) is 21.1 Å². The molecule has 10 nitrogen and oxygen atoms in total. The number of aromatic nitrogens is 2. The van der Waals surface area contributed by atoms with E-state index in [2.05, 4.69) is 32.4 Å². The zero-order valence-corrected chi connectivity index (χ0v) is 24.0. The maximum absolute atomic E-state index is 12.5. The number of piperazine rings is 1. The van der Waals surface area contributed by atoms with Crippen LogP contribution in [0.25, 0.3) is 0 Å². The minimum absolute atomic E-state index is 0.0201. The molecule has 1 atom stereocenters. The molecular formula is C26H37ClN6O4S. The molecule has 12 heteroatoms. The number of carbonyl (C=O) groups is 2. The van der Waals surface area contributed by atoms with Gasteiger partial charge >= 0.3 is 6.03 Å². The summed E-state index contributed by atoms with van der Waals surface area (Å²) in [5.74, 6) is 2.08. The molecule has 0 saturated carbocycles. The van der Waals surface area contributed by atoms with Crippen molar-refractivity contribution < 1.29 is 19.1 Å². The van der Waals surface area contributed by atoms with E-state index in [9.17, 15) is 9.59 Å². The van der Waals surface area contributed by atoms with Gasteiger partial charge in [-0.3, -0.25) is 4.79 Å². The quantitative estimate of drug-likeness (QED) is 0.174. The molecule has 1 fully saturated rings. The molecular weight excluding hydrogens is 528 g/mol. The number of anilines is 1. The van der Waals surface area contributed by atoms with Crippen LogP contribution < -0.4 is 25.0 Å². The molecule has 0 aliphatic carbocycles. The summed E-state index contributed by atoms with van der Waals surface area (Å²) in [4.78, 5) is 37.8. The van der Waals surface area contributed by atoms with Gasteiger partial charge in [-0.15, -0.1) is 0 Å². The van der Waals surface area contributed by atoms with Crippen LogP contribution in [-0.2, 0) is 11.2 Å². The second-order valence-electron chi connectivity index (χ2n) is 8.98. The van der Waals surface area contributed by atoms with E-state index in [0.29, 0.717) is 66.8 Å². The fourth-order valence-corrected chi connectivity index (χ4v) is 5.03. The highest BCUT2D eigenvalue weighted by Crippen LogP contribution is 2.28. The van der Waals surface area contributed by atoms with Gasteiger partial charge in [0.2, 0.25) is 5.91 Å². The van der Waals surface area contributed by atoms with Crippen molar-refractivity contribution in [3.8, 4) is 11.5 Å². The SMILES string of the molecule is CCCCNC(=O)N1CCN(c2cc(Cl)nc(SCC(=O)NCCc3ccc(OC)c(OC)c3)n2)CC1C. The lowest BCUT2D eigenvalue weighted by atomic mass is 10.1. The molecule has 208 valence electrons. The second kappa shape index (κ2) is 14.9. The van der Waals surface area contributed by atoms with Crippen LogP contribution in [0.1, 0.15) is 32.3 Å². The van der Waals surface area contributed by atoms with E-state index in [1.54, 1.807) is 20.3 Å². The van der Waals surface area contributed by atoms with Crippen LogP contribution in [-0.4, -0.2) is 85.5 Å². The lowest BCUT2D eigenvalue weighted by Gasteiger charge is -2.40. The summed E-state index contributed by atoms with van der Waals surface area (Å²) < 4.78 is 10.6. The predicted octanol–water partition coefficient (Wildman–Crippen LogP) is 3.62. The van der Waals surface area contributed by atoms with Crippen LogP contribution in [0, 0.1) is 0 Å². The number of thioether (sulfide) groups is 1. The van der Waals surface area contributed by atoms with Crippen molar-refractivity contribution in [2.75, 3.05) is 57.6 Å². The van der Waals surface area contributed by atoms with Crippen molar-refractivity contribution in [1.82, 2.24) is 25.5 Å². The Hall–Kier alpha value is -2.92. The van der Waals surface area contributed by atoms with Crippen LogP contribution >= 0.6 is 23.4 Å². The average Bonchev–Trinajstić information content (AvgIpc) is 2.91. The van der Waals surface area contributed by atoms with E-state index in [1.165, 1.54) is 11.8 Å². The Morgan fingerprint density at radius 2 is 1.89 bits per heavy atom. The Morgan fingerprint density at radius 3 is 2.61 bits per heavy atom. The summed E-state index contributed by atoms with van der Waals surface area (Å²) in [6, 6.07) is 7.41. The molecule has 0 spiro atoms. The number of halogens is 1. The standard InChI is InChI=1S/C26H37ClN6O4S/c1-5-6-10-29-26(35)33-13-12-32(16-18(33)2)23-15-22(27)30-25(31-23)38-17-24(34)28-11-9-19-7-8-20(36-3)21(14-19)37-4/h7-8,14-15,18H,5-6,9-13,16-17H2,1-4H3,(H,28,34)(H,29,35). The number of nitrogens with zero attached hydrogens (tertiary/aromatic N) is 4. The molecule has 1 aromatic heterocycles. The van der Waals surface area contributed by atoms with E-state index in [-0.39, 0.29) is 23.7 Å².